The molecule has 2 aromatic heterocycles. The van der Waals surface area contributed by atoms with E-state index >= 15 is 0 Å². The highest BCUT2D eigenvalue weighted by atomic mass is 16.5. The number of piperidine rings is 1. The highest BCUT2D eigenvalue weighted by molar-refractivity contribution is 5.39. The Labute approximate surface area is 189 Å². The molecule has 8 heteroatoms. The molecule has 0 bridgehead atoms. The molecule has 1 fully saturated rings. The van der Waals surface area contributed by atoms with Crippen LogP contribution in [-0.4, -0.2) is 64.8 Å². The number of pyridine rings is 1. The van der Waals surface area contributed by atoms with E-state index in [0.717, 1.165) is 49.4 Å². The van der Waals surface area contributed by atoms with Gasteiger partial charge in [0.2, 0.25) is 11.6 Å². The number of azo groups is 2. The summed E-state index contributed by atoms with van der Waals surface area (Å²) in [6.45, 7) is 6.81. The van der Waals surface area contributed by atoms with Crippen LogP contribution in [0.2, 0.25) is 0 Å². The van der Waals surface area contributed by atoms with Gasteiger partial charge in [0.25, 0.3) is 5.69 Å². The first kappa shape index (κ1) is 21.3. The van der Waals surface area contributed by atoms with Crippen molar-refractivity contribution in [3.8, 4) is 5.88 Å². The lowest BCUT2D eigenvalue weighted by atomic mass is 9.97. The lowest BCUT2D eigenvalue weighted by Gasteiger charge is -2.28. The van der Waals surface area contributed by atoms with Crippen LogP contribution in [0.4, 0.5) is 5.69 Å². The molecule has 3 aliphatic heterocycles. The maximum absolute atomic E-state index is 5.80. The summed E-state index contributed by atoms with van der Waals surface area (Å²) in [7, 11) is 3.86. The van der Waals surface area contributed by atoms with E-state index in [-0.39, 0.29) is 6.04 Å². The van der Waals surface area contributed by atoms with Crippen LogP contribution in [0.3, 0.4) is 0 Å². The van der Waals surface area contributed by atoms with Gasteiger partial charge in [-0.2, -0.15) is 5.10 Å². The van der Waals surface area contributed by atoms with Gasteiger partial charge in [-0.3, -0.25) is 4.68 Å². The third-order valence-corrected chi connectivity index (χ3v) is 6.89. The zero-order valence-corrected chi connectivity index (χ0v) is 19.3. The summed E-state index contributed by atoms with van der Waals surface area (Å²) >= 11 is 0. The Morgan fingerprint density at radius 3 is 2.78 bits per heavy atom. The molecule has 1 saturated heterocycles. The summed E-state index contributed by atoms with van der Waals surface area (Å²) in [5, 5.41) is 9.86. The monoisotopic (exact) mass is 437 g/mol. The molecule has 8 nitrogen and oxygen atoms in total. The second kappa shape index (κ2) is 9.11. The zero-order valence-electron chi connectivity index (χ0n) is 19.3. The standard InChI is InChI=1S/C24H33N6O2/c1-17-12-20(14-25-24(17)31-3)30-22-7-11-32-10-6-21(22)23(27-30)19-13-26-29(16-19)15-18-4-8-28(2)9-5-18/h12-14,16,18,23H,4-11,15H2,1-3H3/q+1. The minimum atomic E-state index is -0.0136. The SMILES string of the molecule is COc1ncc([N+]2=NC(c3cnn(CC4CCN(C)CC4)c3)C3=C2CCOCC3)cc1C. The van der Waals surface area contributed by atoms with Crippen LogP contribution in [0.1, 0.15) is 42.9 Å². The van der Waals surface area contributed by atoms with Gasteiger partial charge in [0.05, 0.1) is 32.9 Å². The maximum Gasteiger partial charge on any atom is 0.256 e. The van der Waals surface area contributed by atoms with Crippen molar-refractivity contribution in [3.05, 3.63) is 47.1 Å². The van der Waals surface area contributed by atoms with E-state index in [4.69, 9.17) is 19.7 Å². The molecule has 170 valence electrons. The molecule has 0 aliphatic carbocycles. The molecule has 0 aromatic carbocycles. The van der Waals surface area contributed by atoms with Crippen molar-refractivity contribution in [2.75, 3.05) is 40.5 Å². The summed E-state index contributed by atoms with van der Waals surface area (Å²) in [6.07, 6.45) is 10.3. The van der Waals surface area contributed by atoms with Crippen LogP contribution in [0.25, 0.3) is 0 Å². The molecular weight excluding hydrogens is 404 g/mol. The normalized spacial score (nSPS) is 22.6. The first-order chi connectivity index (χ1) is 15.6. The van der Waals surface area contributed by atoms with E-state index in [1.54, 1.807) is 7.11 Å². The fraction of sp³-hybridized carbons (Fsp3) is 0.583. The smallest absolute Gasteiger partial charge is 0.256 e. The van der Waals surface area contributed by atoms with Gasteiger partial charge in [-0.05, 0) is 50.9 Å². The molecule has 2 aromatic rings. The Kier molecular flexibility index (Phi) is 6.06. The van der Waals surface area contributed by atoms with Crippen LogP contribution >= 0.6 is 0 Å². The average molecular weight is 438 g/mol. The number of methoxy groups -OCH3 is 1. The van der Waals surface area contributed by atoms with Crippen LogP contribution in [0, 0.1) is 12.8 Å². The third-order valence-electron chi connectivity index (χ3n) is 6.89. The van der Waals surface area contributed by atoms with Crippen molar-refractivity contribution < 1.29 is 14.2 Å². The minimum absolute atomic E-state index is 0.0136. The van der Waals surface area contributed by atoms with Gasteiger partial charge >= 0.3 is 0 Å². The fourth-order valence-electron chi connectivity index (χ4n) is 5.05. The molecule has 0 N–H and O–H groups in total. The summed E-state index contributed by atoms with van der Waals surface area (Å²) in [6, 6.07) is 2.08. The number of hydrogen-bond donors (Lipinski definition) is 0. The largest absolute Gasteiger partial charge is 0.481 e. The maximum atomic E-state index is 5.80. The Hall–Kier alpha value is -2.58. The van der Waals surface area contributed by atoms with Crippen LogP contribution in [0.5, 0.6) is 5.88 Å². The number of rotatable bonds is 5. The summed E-state index contributed by atoms with van der Waals surface area (Å²) in [5.74, 6) is 1.35. The van der Waals surface area contributed by atoms with Crippen molar-refractivity contribution in [1.29, 1.82) is 0 Å². The van der Waals surface area contributed by atoms with Gasteiger partial charge in [0.1, 0.15) is 6.20 Å². The van der Waals surface area contributed by atoms with E-state index in [1.165, 1.54) is 37.2 Å². The average Bonchev–Trinajstić information content (AvgIpc) is 3.32. The summed E-state index contributed by atoms with van der Waals surface area (Å²) in [5.41, 5.74) is 5.71. The number of aryl methyl sites for hydroxylation is 1. The van der Waals surface area contributed by atoms with Crippen molar-refractivity contribution in [2.24, 2.45) is 11.0 Å². The number of ether oxygens (including phenoxy) is 2. The van der Waals surface area contributed by atoms with Crippen LogP contribution in [0.15, 0.2) is 41.0 Å². The second-order valence-electron chi connectivity index (χ2n) is 9.18. The predicted molar refractivity (Wildman–Crippen MR) is 120 cm³/mol. The predicted octanol–water partition coefficient (Wildman–Crippen LogP) is 3.85. The van der Waals surface area contributed by atoms with Crippen molar-refractivity contribution in [3.63, 3.8) is 0 Å². The Morgan fingerprint density at radius 2 is 2.00 bits per heavy atom. The van der Waals surface area contributed by atoms with Crippen LogP contribution < -0.4 is 4.74 Å². The highest BCUT2D eigenvalue weighted by Crippen LogP contribution is 2.42. The topological polar surface area (TPSA) is 67.8 Å². The third kappa shape index (κ3) is 4.21. The molecule has 3 aliphatic rings. The van der Waals surface area contributed by atoms with E-state index in [0.29, 0.717) is 11.8 Å². The molecule has 0 spiro atoms. The molecule has 1 unspecified atom stereocenters. The van der Waals surface area contributed by atoms with Gasteiger partial charge in [0.15, 0.2) is 6.04 Å². The first-order valence-electron chi connectivity index (χ1n) is 11.6. The van der Waals surface area contributed by atoms with Crippen molar-refractivity contribution in [2.45, 2.75) is 45.2 Å². The van der Waals surface area contributed by atoms with Gasteiger partial charge in [-0.15, -0.1) is 0 Å². The Morgan fingerprint density at radius 1 is 1.19 bits per heavy atom. The molecule has 32 heavy (non-hydrogen) atoms. The summed E-state index contributed by atoms with van der Waals surface area (Å²) in [4.78, 5) is 6.89. The summed E-state index contributed by atoms with van der Waals surface area (Å²) < 4.78 is 15.3. The van der Waals surface area contributed by atoms with E-state index in [2.05, 4.69) is 38.6 Å². The first-order valence-corrected chi connectivity index (χ1v) is 11.6. The number of nitrogens with zero attached hydrogens (tertiary/aromatic N) is 6. The highest BCUT2D eigenvalue weighted by Gasteiger charge is 2.39. The van der Waals surface area contributed by atoms with E-state index < -0.39 is 0 Å². The number of hydrogen-bond acceptors (Lipinski definition) is 6. The zero-order chi connectivity index (χ0) is 22.1. The Balaban J connectivity index is 1.42. The molecule has 5 rings (SSSR count). The van der Waals surface area contributed by atoms with E-state index in [1.807, 2.05) is 19.3 Å². The second-order valence-corrected chi connectivity index (χ2v) is 9.18. The lowest BCUT2D eigenvalue weighted by Crippen LogP contribution is -2.31. The minimum Gasteiger partial charge on any atom is -0.481 e. The molecule has 0 amide bonds. The molecule has 0 radical (unpaired) electrons. The van der Waals surface area contributed by atoms with Crippen molar-refractivity contribution >= 4 is 5.69 Å². The molecule has 1 atom stereocenters. The molecular formula is C24H33N6O2+. The van der Waals surface area contributed by atoms with Gasteiger partial charge in [0, 0.05) is 41.9 Å². The number of aromatic nitrogens is 3. The molecule has 5 heterocycles. The van der Waals surface area contributed by atoms with Gasteiger partial charge in [-0.25, -0.2) is 4.98 Å². The van der Waals surface area contributed by atoms with Crippen molar-refractivity contribution in [1.82, 2.24) is 19.7 Å². The van der Waals surface area contributed by atoms with Crippen LogP contribution in [-0.2, 0) is 11.3 Å². The van der Waals surface area contributed by atoms with Gasteiger partial charge < -0.3 is 14.4 Å². The van der Waals surface area contributed by atoms with Gasteiger partial charge in [-0.1, -0.05) is 4.70 Å². The lowest BCUT2D eigenvalue weighted by molar-refractivity contribution is -0.460. The molecule has 0 saturated carbocycles. The number of likely N-dealkylation sites (tertiary alicyclic amines) is 1. The fourth-order valence-corrected chi connectivity index (χ4v) is 5.05. The van der Waals surface area contributed by atoms with E-state index in [9.17, 15) is 0 Å². The Bertz CT molecular complexity index is 1030. The quantitative estimate of drug-likeness (QED) is 0.665.